The summed E-state index contributed by atoms with van der Waals surface area (Å²) < 4.78 is 5.88. The third kappa shape index (κ3) is 1.75. The fourth-order valence-electron chi connectivity index (χ4n) is 1.93. The highest BCUT2D eigenvalue weighted by atomic mass is 15.5. The van der Waals surface area contributed by atoms with Gasteiger partial charge in [-0.1, -0.05) is 0 Å². The van der Waals surface area contributed by atoms with E-state index in [4.69, 9.17) is 0 Å². The fourth-order valence-corrected chi connectivity index (χ4v) is 1.93. The molecule has 0 radical (unpaired) electrons. The van der Waals surface area contributed by atoms with E-state index in [1.807, 2.05) is 18.1 Å². The molecule has 0 aliphatic carbocycles. The maximum atomic E-state index is 4.16. The molecule has 0 saturated carbocycles. The molecule has 2 rings (SSSR count). The number of aromatic nitrogens is 4. The van der Waals surface area contributed by atoms with E-state index < -0.39 is 0 Å². The topological polar surface area (TPSA) is 25.6 Å². The Morgan fingerprint density at radius 3 is 2.20 bits per heavy atom. The second kappa shape index (κ2) is 3.46. The van der Waals surface area contributed by atoms with E-state index in [1.54, 1.807) is 11.0 Å². The maximum Gasteiger partial charge on any atom is 0.329 e. The number of hydrogen-bond donors (Lipinski definition) is 0. The van der Waals surface area contributed by atoms with Crippen LogP contribution in [0.25, 0.3) is 0 Å². The first kappa shape index (κ1) is 9.83. The molecular formula is C11H16N4+2. The minimum absolute atomic E-state index is 1.20. The Kier molecular flexibility index (Phi) is 2.26. The molecule has 4 nitrogen and oxygen atoms in total. The molecule has 0 N–H and O–H groups in total. The molecule has 0 spiro atoms. The van der Waals surface area contributed by atoms with Crippen molar-refractivity contribution in [3.8, 4) is 0 Å². The van der Waals surface area contributed by atoms with Crippen LogP contribution >= 0.6 is 0 Å². The standard InChI is InChI=1S/C11H16N4/c1-9-5-10(2)15(11(3)6-9)14-7-12-13(4)8-14/h5-8H,1-4H3/q+2. The van der Waals surface area contributed by atoms with Gasteiger partial charge in [0.05, 0.1) is 0 Å². The number of aryl methyl sites for hydroxylation is 4. The molecule has 0 aromatic carbocycles. The summed E-state index contributed by atoms with van der Waals surface area (Å²) in [5.74, 6) is 0. The Bertz CT molecular complexity index is 476. The van der Waals surface area contributed by atoms with E-state index in [9.17, 15) is 0 Å². The highest BCUT2D eigenvalue weighted by Crippen LogP contribution is 2.01. The minimum atomic E-state index is 1.20. The molecule has 0 atom stereocenters. The van der Waals surface area contributed by atoms with Gasteiger partial charge in [0, 0.05) is 30.7 Å². The Morgan fingerprint density at radius 1 is 1.13 bits per heavy atom. The second-order valence-electron chi connectivity index (χ2n) is 3.93. The fraction of sp³-hybridized carbons (Fsp3) is 0.364. The largest absolute Gasteiger partial charge is 0.329 e. The summed E-state index contributed by atoms with van der Waals surface area (Å²) in [4.78, 5) is 0. The smallest absolute Gasteiger partial charge is 0.135 e. The normalized spacial score (nSPS) is 10.7. The van der Waals surface area contributed by atoms with Gasteiger partial charge in [0.2, 0.25) is 11.4 Å². The lowest BCUT2D eigenvalue weighted by atomic mass is 10.2. The van der Waals surface area contributed by atoms with Gasteiger partial charge in [-0.15, -0.1) is 4.68 Å². The third-order valence-electron chi connectivity index (χ3n) is 2.41. The van der Waals surface area contributed by atoms with Crippen molar-refractivity contribution < 1.29 is 9.36 Å². The predicted octanol–water partition coefficient (Wildman–Crippen LogP) is 0.232. The lowest BCUT2D eigenvalue weighted by molar-refractivity contribution is -0.768. The first-order valence-corrected chi connectivity index (χ1v) is 4.98. The molecule has 0 bridgehead atoms. The third-order valence-corrected chi connectivity index (χ3v) is 2.41. The zero-order valence-corrected chi connectivity index (χ0v) is 9.60. The molecule has 0 aliphatic heterocycles. The van der Waals surface area contributed by atoms with Crippen molar-refractivity contribution in [2.45, 2.75) is 20.8 Å². The molecule has 2 aromatic heterocycles. The summed E-state index contributed by atoms with van der Waals surface area (Å²) in [6, 6.07) is 4.32. The maximum absolute atomic E-state index is 4.16. The van der Waals surface area contributed by atoms with Crippen LogP contribution in [0.15, 0.2) is 24.8 Å². The Morgan fingerprint density at radius 2 is 1.73 bits per heavy atom. The summed E-state index contributed by atoms with van der Waals surface area (Å²) in [7, 11) is 1.91. The number of pyridine rings is 1. The molecular weight excluding hydrogens is 188 g/mol. The zero-order chi connectivity index (χ0) is 11.0. The van der Waals surface area contributed by atoms with E-state index in [0.29, 0.717) is 0 Å². The molecule has 15 heavy (non-hydrogen) atoms. The van der Waals surface area contributed by atoms with Crippen molar-refractivity contribution in [1.29, 1.82) is 0 Å². The van der Waals surface area contributed by atoms with Gasteiger partial charge in [0.15, 0.2) is 0 Å². The van der Waals surface area contributed by atoms with Gasteiger partial charge >= 0.3 is 6.33 Å². The van der Waals surface area contributed by atoms with E-state index in [2.05, 4.69) is 42.7 Å². The highest BCUT2D eigenvalue weighted by molar-refractivity contribution is 5.13. The summed E-state index contributed by atoms with van der Waals surface area (Å²) in [6.45, 7) is 6.30. The second-order valence-corrected chi connectivity index (χ2v) is 3.93. The van der Waals surface area contributed by atoms with Gasteiger partial charge in [0.25, 0.3) is 6.33 Å². The Balaban J connectivity index is 2.62. The molecule has 0 aliphatic rings. The van der Waals surface area contributed by atoms with E-state index in [-0.39, 0.29) is 0 Å². The van der Waals surface area contributed by atoms with Gasteiger partial charge in [-0.2, -0.15) is 0 Å². The van der Waals surface area contributed by atoms with Gasteiger partial charge in [-0.05, 0) is 22.3 Å². The van der Waals surface area contributed by atoms with Crippen molar-refractivity contribution in [2.75, 3.05) is 0 Å². The summed E-state index contributed by atoms with van der Waals surface area (Å²) in [5.41, 5.74) is 3.68. The van der Waals surface area contributed by atoms with Crippen molar-refractivity contribution in [1.82, 2.24) is 9.77 Å². The van der Waals surface area contributed by atoms with Crippen LogP contribution in [0.1, 0.15) is 17.0 Å². The quantitative estimate of drug-likeness (QED) is 0.611. The molecule has 0 amide bonds. The van der Waals surface area contributed by atoms with Crippen LogP contribution in [-0.2, 0) is 7.05 Å². The van der Waals surface area contributed by atoms with Gasteiger partial charge in [0.1, 0.15) is 7.05 Å². The molecule has 2 aromatic rings. The van der Waals surface area contributed by atoms with Crippen LogP contribution in [0.4, 0.5) is 0 Å². The average Bonchev–Trinajstić information content (AvgIpc) is 2.49. The Hall–Kier alpha value is -1.71. The summed E-state index contributed by atoms with van der Waals surface area (Å²) in [5, 5.41) is 4.16. The average molecular weight is 204 g/mol. The summed E-state index contributed by atoms with van der Waals surface area (Å²) >= 11 is 0. The van der Waals surface area contributed by atoms with Gasteiger partial charge < -0.3 is 0 Å². The minimum Gasteiger partial charge on any atom is -0.135 e. The first-order valence-electron chi connectivity index (χ1n) is 4.98. The molecule has 0 fully saturated rings. The van der Waals surface area contributed by atoms with Gasteiger partial charge in [-0.25, -0.2) is 0 Å². The number of hydrogen-bond acceptors (Lipinski definition) is 1. The lowest BCUT2D eigenvalue weighted by Gasteiger charge is -1.98. The molecule has 0 unspecified atom stereocenters. The summed E-state index contributed by atoms with van der Waals surface area (Å²) in [6.07, 6.45) is 3.74. The van der Waals surface area contributed by atoms with E-state index in [1.165, 1.54) is 17.0 Å². The zero-order valence-electron chi connectivity index (χ0n) is 9.60. The first-order chi connectivity index (χ1) is 7.08. The van der Waals surface area contributed by atoms with Crippen LogP contribution in [0.2, 0.25) is 0 Å². The number of rotatable bonds is 1. The molecule has 4 heteroatoms. The van der Waals surface area contributed by atoms with Crippen LogP contribution in [0, 0.1) is 20.8 Å². The van der Waals surface area contributed by atoms with Crippen molar-refractivity contribution >= 4 is 0 Å². The van der Waals surface area contributed by atoms with Crippen molar-refractivity contribution in [3.05, 3.63) is 41.7 Å². The van der Waals surface area contributed by atoms with Crippen LogP contribution < -0.4 is 9.36 Å². The number of nitrogens with zero attached hydrogens (tertiary/aromatic N) is 4. The van der Waals surface area contributed by atoms with Crippen molar-refractivity contribution in [3.63, 3.8) is 0 Å². The van der Waals surface area contributed by atoms with Crippen LogP contribution in [0.3, 0.4) is 0 Å². The van der Waals surface area contributed by atoms with Gasteiger partial charge in [-0.3, -0.25) is 0 Å². The van der Waals surface area contributed by atoms with E-state index >= 15 is 0 Å². The van der Waals surface area contributed by atoms with E-state index in [0.717, 1.165) is 0 Å². The van der Waals surface area contributed by atoms with Crippen molar-refractivity contribution in [2.24, 2.45) is 7.05 Å². The predicted molar refractivity (Wildman–Crippen MR) is 55.0 cm³/mol. The molecule has 2 heterocycles. The monoisotopic (exact) mass is 204 g/mol. The SMILES string of the molecule is Cc1cc(C)[n+](-n2cn[n+](C)c2)c(C)c1. The van der Waals surface area contributed by atoms with Crippen LogP contribution in [0.5, 0.6) is 0 Å². The molecule has 0 saturated heterocycles. The lowest BCUT2D eigenvalue weighted by Crippen LogP contribution is -2.47. The Labute approximate surface area is 89.4 Å². The van der Waals surface area contributed by atoms with Crippen LogP contribution in [-0.4, -0.2) is 9.77 Å². The molecule has 78 valence electrons. The highest BCUT2D eigenvalue weighted by Gasteiger charge is 2.19.